The molecule has 0 spiro atoms. The number of ether oxygens (including phenoxy) is 1. The Balaban J connectivity index is 2.07. The third kappa shape index (κ3) is 5.82. The molecule has 2 aromatic rings. The van der Waals surface area contributed by atoms with E-state index >= 15 is 0 Å². The van der Waals surface area contributed by atoms with Gasteiger partial charge in [-0.3, -0.25) is 9.10 Å². The number of anilines is 1. The number of amides is 1. The van der Waals surface area contributed by atoms with E-state index in [0.29, 0.717) is 11.4 Å². The van der Waals surface area contributed by atoms with Gasteiger partial charge in [-0.25, -0.2) is 13.8 Å². The number of aryl methyl sites for hydroxylation is 2. The van der Waals surface area contributed by atoms with Gasteiger partial charge in [0.25, 0.3) is 5.91 Å². The third-order valence-electron chi connectivity index (χ3n) is 3.98. The lowest BCUT2D eigenvalue weighted by Gasteiger charge is -2.22. The van der Waals surface area contributed by atoms with E-state index in [1.807, 2.05) is 19.9 Å². The molecule has 0 aliphatic rings. The summed E-state index contributed by atoms with van der Waals surface area (Å²) >= 11 is 0. The molecule has 27 heavy (non-hydrogen) atoms. The maximum absolute atomic E-state index is 12.2. The number of nitrogens with zero attached hydrogens (tertiary/aromatic N) is 2. The van der Waals surface area contributed by atoms with Crippen molar-refractivity contribution in [3.05, 3.63) is 59.2 Å². The Bertz CT molecular complexity index is 938. The molecule has 0 unspecified atom stereocenters. The minimum atomic E-state index is -3.62. The fourth-order valence-electron chi connectivity index (χ4n) is 2.32. The van der Waals surface area contributed by atoms with Crippen LogP contribution in [0.15, 0.2) is 47.6 Å². The molecule has 0 fully saturated rings. The molecule has 2 aromatic carbocycles. The predicted octanol–water partition coefficient (Wildman–Crippen LogP) is 2.23. The second-order valence-corrected chi connectivity index (χ2v) is 8.01. The van der Waals surface area contributed by atoms with E-state index in [4.69, 9.17) is 4.74 Å². The molecule has 0 saturated heterocycles. The zero-order chi connectivity index (χ0) is 20.0. The minimum absolute atomic E-state index is 0.360. The van der Waals surface area contributed by atoms with E-state index in [1.165, 1.54) is 6.21 Å². The van der Waals surface area contributed by atoms with Gasteiger partial charge in [-0.2, -0.15) is 5.10 Å². The summed E-state index contributed by atoms with van der Waals surface area (Å²) in [7, 11) is -2.05. The van der Waals surface area contributed by atoms with Crippen molar-refractivity contribution in [2.75, 3.05) is 24.2 Å². The molecule has 0 saturated carbocycles. The van der Waals surface area contributed by atoms with Crippen LogP contribution in [-0.4, -0.2) is 40.4 Å². The molecule has 8 heteroatoms. The lowest BCUT2D eigenvalue weighted by atomic mass is 10.1. The van der Waals surface area contributed by atoms with E-state index in [0.717, 1.165) is 27.3 Å². The molecule has 0 bridgehead atoms. The summed E-state index contributed by atoms with van der Waals surface area (Å²) in [4.78, 5) is 12.2. The van der Waals surface area contributed by atoms with E-state index in [-0.39, 0.29) is 6.54 Å². The smallest absolute Gasteiger partial charge is 0.260 e. The number of carbonyl (C=O) groups excluding carboxylic acids is 1. The SMILES string of the molecule is COc1ccc(/C=N\NC(=O)CN(c2ccc(C)c(C)c2)S(C)(=O)=O)cc1. The minimum Gasteiger partial charge on any atom is -0.497 e. The molecule has 2 rings (SSSR count). The Hall–Kier alpha value is -2.87. The van der Waals surface area contributed by atoms with Gasteiger partial charge in [0.2, 0.25) is 10.0 Å². The highest BCUT2D eigenvalue weighted by molar-refractivity contribution is 7.92. The summed E-state index contributed by atoms with van der Waals surface area (Å²) in [5.74, 6) is 0.178. The van der Waals surface area contributed by atoms with Crippen LogP contribution in [-0.2, 0) is 14.8 Å². The standard InChI is InChI=1S/C19H23N3O4S/c1-14-5-8-17(11-15(14)2)22(27(4,24)25)13-19(23)21-20-12-16-6-9-18(26-3)10-7-16/h5-12H,13H2,1-4H3,(H,21,23)/b20-12-. The second kappa shape index (κ2) is 8.68. The predicted molar refractivity (Wildman–Crippen MR) is 107 cm³/mol. The third-order valence-corrected chi connectivity index (χ3v) is 5.13. The molecule has 1 amide bonds. The maximum Gasteiger partial charge on any atom is 0.260 e. The molecular formula is C19H23N3O4S. The van der Waals surface area contributed by atoms with Crippen molar-refractivity contribution in [2.24, 2.45) is 5.10 Å². The number of methoxy groups -OCH3 is 1. The normalized spacial score (nSPS) is 11.4. The topological polar surface area (TPSA) is 88.1 Å². The second-order valence-electron chi connectivity index (χ2n) is 6.10. The van der Waals surface area contributed by atoms with Crippen molar-refractivity contribution < 1.29 is 17.9 Å². The molecule has 0 aliphatic heterocycles. The van der Waals surface area contributed by atoms with E-state index in [1.54, 1.807) is 43.5 Å². The van der Waals surface area contributed by atoms with E-state index in [2.05, 4.69) is 10.5 Å². The van der Waals surface area contributed by atoms with Crippen LogP contribution in [0, 0.1) is 13.8 Å². The van der Waals surface area contributed by atoms with Gasteiger partial charge < -0.3 is 4.74 Å². The fourth-order valence-corrected chi connectivity index (χ4v) is 3.16. The summed E-state index contributed by atoms with van der Waals surface area (Å²) in [6.07, 6.45) is 2.54. The number of nitrogens with one attached hydrogen (secondary N) is 1. The van der Waals surface area contributed by atoms with Gasteiger partial charge in [-0.15, -0.1) is 0 Å². The lowest BCUT2D eigenvalue weighted by molar-refractivity contribution is -0.119. The highest BCUT2D eigenvalue weighted by atomic mass is 32.2. The van der Waals surface area contributed by atoms with Gasteiger partial charge in [-0.1, -0.05) is 6.07 Å². The van der Waals surface area contributed by atoms with Crippen molar-refractivity contribution in [1.29, 1.82) is 0 Å². The van der Waals surface area contributed by atoms with Crippen molar-refractivity contribution in [3.8, 4) is 5.75 Å². The van der Waals surface area contributed by atoms with Gasteiger partial charge in [0.15, 0.2) is 0 Å². The highest BCUT2D eigenvalue weighted by Gasteiger charge is 2.21. The van der Waals surface area contributed by atoms with Crippen molar-refractivity contribution in [3.63, 3.8) is 0 Å². The molecular weight excluding hydrogens is 366 g/mol. The molecule has 7 nitrogen and oxygen atoms in total. The van der Waals surface area contributed by atoms with Crippen molar-refractivity contribution >= 4 is 27.8 Å². The summed E-state index contributed by atoms with van der Waals surface area (Å²) in [5, 5.41) is 3.87. The number of hydrazone groups is 1. The van der Waals surface area contributed by atoms with Crippen molar-refractivity contribution in [2.45, 2.75) is 13.8 Å². The van der Waals surface area contributed by atoms with E-state index < -0.39 is 15.9 Å². The summed E-state index contributed by atoms with van der Waals surface area (Å²) in [6, 6.07) is 12.4. The zero-order valence-electron chi connectivity index (χ0n) is 15.8. The Labute approximate surface area is 159 Å². The first kappa shape index (κ1) is 20.4. The first-order chi connectivity index (χ1) is 12.7. The molecule has 144 valence electrons. The van der Waals surface area contributed by atoms with Crippen LogP contribution < -0.4 is 14.5 Å². The first-order valence-corrected chi connectivity index (χ1v) is 10.1. The number of rotatable bonds is 7. The van der Waals surface area contributed by atoms with Crippen LogP contribution in [0.3, 0.4) is 0 Å². The molecule has 0 heterocycles. The summed E-state index contributed by atoms with van der Waals surface area (Å²) < 4.78 is 30.4. The molecule has 0 aromatic heterocycles. The zero-order valence-corrected chi connectivity index (χ0v) is 16.6. The Morgan fingerprint density at radius 1 is 1.15 bits per heavy atom. The van der Waals surface area contributed by atoms with Gasteiger partial charge in [-0.05, 0) is 66.9 Å². The highest BCUT2D eigenvalue weighted by Crippen LogP contribution is 2.21. The lowest BCUT2D eigenvalue weighted by Crippen LogP contribution is -2.39. The number of benzene rings is 2. The van der Waals surface area contributed by atoms with Crippen molar-refractivity contribution in [1.82, 2.24) is 5.43 Å². The number of carbonyl (C=O) groups is 1. The van der Waals surface area contributed by atoms with Gasteiger partial charge in [0.05, 0.1) is 25.3 Å². The van der Waals surface area contributed by atoms with Crippen LogP contribution in [0.4, 0.5) is 5.69 Å². The fraction of sp³-hybridized carbons (Fsp3) is 0.263. The van der Waals surface area contributed by atoms with Gasteiger partial charge >= 0.3 is 0 Å². The number of hydrogen-bond acceptors (Lipinski definition) is 5. The monoisotopic (exact) mass is 389 g/mol. The summed E-state index contributed by atoms with van der Waals surface area (Å²) in [6.45, 7) is 3.46. The molecule has 0 atom stereocenters. The summed E-state index contributed by atoms with van der Waals surface area (Å²) in [5.41, 5.74) is 5.55. The Kier molecular flexibility index (Phi) is 6.57. The Morgan fingerprint density at radius 3 is 2.37 bits per heavy atom. The van der Waals surface area contributed by atoms with Gasteiger partial charge in [0.1, 0.15) is 12.3 Å². The number of sulfonamides is 1. The average molecular weight is 389 g/mol. The molecule has 0 aliphatic carbocycles. The van der Waals surface area contributed by atoms with Gasteiger partial charge in [0, 0.05) is 0 Å². The number of hydrogen-bond donors (Lipinski definition) is 1. The molecule has 0 radical (unpaired) electrons. The van der Waals surface area contributed by atoms with Crippen LogP contribution in [0.2, 0.25) is 0 Å². The van der Waals surface area contributed by atoms with Crippen LogP contribution in [0.1, 0.15) is 16.7 Å². The largest absolute Gasteiger partial charge is 0.497 e. The average Bonchev–Trinajstić information content (AvgIpc) is 2.62. The Morgan fingerprint density at radius 2 is 1.81 bits per heavy atom. The maximum atomic E-state index is 12.2. The van der Waals surface area contributed by atoms with Crippen LogP contribution in [0.5, 0.6) is 5.75 Å². The first-order valence-electron chi connectivity index (χ1n) is 8.21. The van der Waals surface area contributed by atoms with Crippen LogP contribution >= 0.6 is 0 Å². The van der Waals surface area contributed by atoms with E-state index in [9.17, 15) is 13.2 Å². The quantitative estimate of drug-likeness (QED) is 0.581. The molecule has 1 N–H and O–H groups in total. The van der Waals surface area contributed by atoms with Crippen LogP contribution in [0.25, 0.3) is 0 Å².